The Morgan fingerprint density at radius 3 is 2.88 bits per heavy atom. The Hall–Kier alpha value is -3.03. The minimum absolute atomic E-state index is 0.0560. The van der Waals surface area contributed by atoms with Gasteiger partial charge in [-0.1, -0.05) is 0 Å². The summed E-state index contributed by atoms with van der Waals surface area (Å²) in [6.07, 6.45) is 5.75. The van der Waals surface area contributed by atoms with Crippen LogP contribution in [-0.2, 0) is 16.1 Å². The third kappa shape index (κ3) is 4.98. The highest BCUT2D eigenvalue weighted by Gasteiger charge is 2.34. The molecule has 2 N–H and O–H groups in total. The number of imidazole rings is 1. The number of rotatable bonds is 4. The molecule has 1 aromatic heterocycles. The second-order valence-corrected chi connectivity index (χ2v) is 6.43. The van der Waals surface area contributed by atoms with Gasteiger partial charge in [-0.25, -0.2) is 4.98 Å². The summed E-state index contributed by atoms with van der Waals surface area (Å²) in [5.41, 5.74) is 0.608. The molecule has 140 valence electrons. The van der Waals surface area contributed by atoms with Gasteiger partial charge in [0, 0.05) is 24.4 Å². The highest BCUT2D eigenvalue weighted by atomic mass is 16.5. The van der Waals surface area contributed by atoms with Crippen LogP contribution in [0.25, 0.3) is 0 Å². The molecule has 0 radical (unpaired) electrons. The van der Waals surface area contributed by atoms with Crippen molar-refractivity contribution in [2.75, 3.05) is 7.11 Å². The zero-order valence-electron chi connectivity index (χ0n) is 15.0. The summed E-state index contributed by atoms with van der Waals surface area (Å²) in [6.45, 7) is 4.04. The summed E-state index contributed by atoms with van der Waals surface area (Å²) in [7, 11) is 1.63. The lowest BCUT2D eigenvalue weighted by molar-refractivity contribution is -0.123. The largest absolute Gasteiger partial charge is 0.497 e. The normalized spacial score (nSPS) is 17.0. The molecule has 1 amide bonds. The number of benzene rings is 1. The lowest BCUT2D eigenvalue weighted by Gasteiger charge is -2.38. The molecule has 0 saturated heterocycles. The lowest BCUT2D eigenvalue weighted by atomic mass is 9.89. The van der Waals surface area contributed by atoms with Crippen molar-refractivity contribution in [1.82, 2.24) is 14.9 Å². The van der Waals surface area contributed by atoms with Gasteiger partial charge < -0.3 is 24.5 Å². The smallest absolute Gasteiger partial charge is 0.290 e. The second-order valence-electron chi connectivity index (χ2n) is 6.43. The minimum atomic E-state index is -0.339. The number of nitrogens with one attached hydrogen (secondary N) is 1. The van der Waals surface area contributed by atoms with Crippen LogP contribution in [0.5, 0.6) is 11.5 Å². The average Bonchev–Trinajstić information content (AvgIpc) is 3.07. The number of ether oxygens (including phenoxy) is 2. The zero-order chi connectivity index (χ0) is 19.2. The molecule has 0 aliphatic carbocycles. The SMILES string of the molecule is COc1ccc2c(c1)C(NC(=O)Cn1ccnc1)CC(C)(C)O2.O=CO. The van der Waals surface area contributed by atoms with Crippen molar-refractivity contribution in [3.8, 4) is 11.5 Å². The number of hydrogen-bond acceptors (Lipinski definition) is 5. The second kappa shape index (κ2) is 8.37. The molecular weight excluding hydrogens is 338 g/mol. The summed E-state index contributed by atoms with van der Waals surface area (Å²) >= 11 is 0. The van der Waals surface area contributed by atoms with Crippen molar-refractivity contribution in [2.45, 2.75) is 38.5 Å². The van der Waals surface area contributed by atoms with Crippen LogP contribution in [0.2, 0.25) is 0 Å². The quantitative estimate of drug-likeness (QED) is 0.808. The number of aromatic nitrogens is 2. The van der Waals surface area contributed by atoms with E-state index in [9.17, 15) is 4.79 Å². The van der Waals surface area contributed by atoms with Crippen molar-refractivity contribution in [1.29, 1.82) is 0 Å². The van der Waals surface area contributed by atoms with Crippen LogP contribution < -0.4 is 14.8 Å². The van der Waals surface area contributed by atoms with Crippen molar-refractivity contribution in [3.05, 3.63) is 42.5 Å². The number of hydrogen-bond donors (Lipinski definition) is 2. The van der Waals surface area contributed by atoms with E-state index in [2.05, 4.69) is 10.3 Å². The zero-order valence-corrected chi connectivity index (χ0v) is 15.0. The van der Waals surface area contributed by atoms with Gasteiger partial charge in [0.05, 0.1) is 19.5 Å². The van der Waals surface area contributed by atoms with Crippen molar-refractivity contribution in [3.63, 3.8) is 0 Å². The highest BCUT2D eigenvalue weighted by molar-refractivity contribution is 5.76. The molecule has 1 aromatic carbocycles. The number of amides is 1. The molecule has 0 saturated carbocycles. The molecule has 2 heterocycles. The van der Waals surface area contributed by atoms with E-state index < -0.39 is 0 Å². The summed E-state index contributed by atoms with van der Waals surface area (Å²) in [5, 5.41) is 9.99. The summed E-state index contributed by atoms with van der Waals surface area (Å²) in [5.74, 6) is 1.48. The molecular formula is C18H23N3O5. The standard InChI is InChI=1S/C17H21N3O3.CH2O2/c1-17(2)9-14(19-16(21)10-20-7-6-18-11-20)13-8-12(22-3)4-5-15(13)23-17;2-1-3/h4-8,11,14H,9-10H2,1-3H3,(H,19,21);1H,(H,2,3). The maximum atomic E-state index is 12.3. The van der Waals surface area contributed by atoms with E-state index in [1.165, 1.54) is 0 Å². The van der Waals surface area contributed by atoms with Crippen LogP contribution in [0.3, 0.4) is 0 Å². The number of methoxy groups -OCH3 is 1. The maximum Gasteiger partial charge on any atom is 0.290 e. The van der Waals surface area contributed by atoms with Gasteiger partial charge in [0.2, 0.25) is 5.91 Å². The fourth-order valence-corrected chi connectivity index (χ4v) is 2.87. The number of carboxylic acid groups (broad SMARTS) is 1. The van der Waals surface area contributed by atoms with E-state index in [0.717, 1.165) is 17.1 Å². The average molecular weight is 361 g/mol. The van der Waals surface area contributed by atoms with Gasteiger partial charge in [-0.2, -0.15) is 0 Å². The van der Waals surface area contributed by atoms with Gasteiger partial charge in [-0.15, -0.1) is 0 Å². The Bertz CT molecular complexity index is 743. The molecule has 0 spiro atoms. The molecule has 0 fully saturated rings. The molecule has 1 atom stereocenters. The molecule has 1 aliphatic heterocycles. The lowest BCUT2D eigenvalue weighted by Crippen LogP contribution is -2.42. The minimum Gasteiger partial charge on any atom is -0.497 e. The Kier molecular flexibility index (Phi) is 6.21. The van der Waals surface area contributed by atoms with E-state index in [4.69, 9.17) is 19.4 Å². The maximum absolute atomic E-state index is 12.3. The predicted molar refractivity (Wildman–Crippen MR) is 94.1 cm³/mol. The monoisotopic (exact) mass is 361 g/mol. The van der Waals surface area contributed by atoms with Gasteiger partial charge in [0.15, 0.2) is 0 Å². The van der Waals surface area contributed by atoms with E-state index in [1.54, 1.807) is 30.4 Å². The van der Waals surface area contributed by atoms with Crippen LogP contribution >= 0.6 is 0 Å². The first-order valence-electron chi connectivity index (χ1n) is 8.08. The fourth-order valence-electron chi connectivity index (χ4n) is 2.87. The van der Waals surface area contributed by atoms with E-state index in [-0.39, 0.29) is 30.6 Å². The van der Waals surface area contributed by atoms with Crippen molar-refractivity contribution in [2.24, 2.45) is 0 Å². The first-order chi connectivity index (χ1) is 12.4. The van der Waals surface area contributed by atoms with Gasteiger partial charge in [-0.3, -0.25) is 9.59 Å². The summed E-state index contributed by atoms with van der Waals surface area (Å²) in [4.78, 5) is 24.6. The Morgan fingerprint density at radius 1 is 1.54 bits per heavy atom. The molecule has 0 bridgehead atoms. The third-order valence-electron chi connectivity index (χ3n) is 3.89. The topological polar surface area (TPSA) is 103 Å². The van der Waals surface area contributed by atoms with E-state index in [0.29, 0.717) is 6.42 Å². The number of carbonyl (C=O) groups is 2. The van der Waals surface area contributed by atoms with Crippen LogP contribution in [0, 0.1) is 0 Å². The number of nitrogens with zero attached hydrogens (tertiary/aromatic N) is 2. The van der Waals surface area contributed by atoms with Gasteiger partial charge in [0.1, 0.15) is 23.6 Å². The predicted octanol–water partition coefficient (Wildman–Crippen LogP) is 2.01. The molecule has 2 aromatic rings. The highest BCUT2D eigenvalue weighted by Crippen LogP contribution is 2.41. The Morgan fingerprint density at radius 2 is 2.27 bits per heavy atom. The fraction of sp³-hybridized carbons (Fsp3) is 0.389. The summed E-state index contributed by atoms with van der Waals surface area (Å²) in [6, 6.07) is 5.57. The summed E-state index contributed by atoms with van der Waals surface area (Å²) < 4.78 is 13.0. The molecule has 3 rings (SSSR count). The van der Waals surface area contributed by atoms with Crippen LogP contribution in [0.15, 0.2) is 36.9 Å². The van der Waals surface area contributed by atoms with Gasteiger partial charge in [-0.05, 0) is 32.0 Å². The van der Waals surface area contributed by atoms with Crippen molar-refractivity contribution >= 4 is 12.4 Å². The third-order valence-corrected chi connectivity index (χ3v) is 3.89. The Balaban J connectivity index is 0.000000758. The van der Waals surface area contributed by atoms with Gasteiger partial charge in [0.25, 0.3) is 6.47 Å². The molecule has 26 heavy (non-hydrogen) atoms. The van der Waals surface area contributed by atoms with Crippen LogP contribution in [-0.4, -0.2) is 39.7 Å². The molecule has 1 aliphatic rings. The van der Waals surface area contributed by atoms with E-state index in [1.807, 2.05) is 32.0 Å². The van der Waals surface area contributed by atoms with Crippen LogP contribution in [0.1, 0.15) is 31.9 Å². The first-order valence-corrected chi connectivity index (χ1v) is 8.08. The first kappa shape index (κ1) is 19.3. The molecule has 1 unspecified atom stereocenters. The molecule has 8 heteroatoms. The number of carbonyl (C=O) groups excluding carboxylic acids is 1. The number of fused-ring (bicyclic) bond motifs is 1. The van der Waals surface area contributed by atoms with Crippen molar-refractivity contribution < 1.29 is 24.2 Å². The molecule has 8 nitrogen and oxygen atoms in total. The van der Waals surface area contributed by atoms with Crippen LogP contribution in [0.4, 0.5) is 0 Å². The Labute approximate surface area is 151 Å². The van der Waals surface area contributed by atoms with Gasteiger partial charge >= 0.3 is 0 Å². The van der Waals surface area contributed by atoms with E-state index >= 15 is 0 Å².